The Balaban J connectivity index is -0.000000125. The van der Waals surface area contributed by atoms with Crippen molar-refractivity contribution in [1.82, 2.24) is 0 Å². The van der Waals surface area contributed by atoms with Crippen molar-refractivity contribution in [2.75, 3.05) is 6.54 Å². The minimum atomic E-state index is -1.24. The van der Waals surface area contributed by atoms with E-state index in [9.17, 15) is 0 Å². The summed E-state index contributed by atoms with van der Waals surface area (Å²) >= 11 is 10.3. The first-order valence-corrected chi connectivity index (χ1v) is 2.18. The van der Waals surface area contributed by atoms with Crippen molar-refractivity contribution in [2.45, 2.75) is 4.46 Å². The average Bonchev–Trinajstić information content (AvgIpc) is 1.35. The second kappa shape index (κ2) is 4.39. The van der Waals surface area contributed by atoms with Crippen LogP contribution in [0.3, 0.4) is 0 Å². The molecule has 2 nitrogen and oxygen atoms in total. The molecule has 0 rings (SSSR count). The predicted molar refractivity (Wildman–Crippen MR) is 28.8 cm³/mol. The first-order chi connectivity index (χ1) is 2.56. The fourth-order valence-electron chi connectivity index (χ4n) is 0. The van der Waals surface area contributed by atoms with Gasteiger partial charge in [0.25, 0.3) is 0 Å². The van der Waals surface area contributed by atoms with Gasteiger partial charge in [0.1, 0.15) is 0 Å². The molecule has 7 heavy (non-hydrogen) atoms. The third-order valence-electron chi connectivity index (χ3n) is 0.272. The summed E-state index contributed by atoms with van der Waals surface area (Å²) in [7, 11) is 0. The Morgan fingerprint density at radius 2 is 1.71 bits per heavy atom. The van der Waals surface area contributed by atoms with Gasteiger partial charge in [-0.25, -0.2) is 0 Å². The third kappa shape index (κ3) is 11.2. The number of hydrogen-bond acceptors (Lipinski definition) is 2. The van der Waals surface area contributed by atoms with E-state index in [1.165, 1.54) is 0 Å². The number of alkyl halides is 2. The molecule has 0 atom stereocenters. The van der Waals surface area contributed by atoms with Gasteiger partial charge in [0.05, 0.1) is 0 Å². The van der Waals surface area contributed by atoms with Crippen LogP contribution < -0.4 is 41.0 Å². The van der Waals surface area contributed by atoms with Crippen LogP contribution in [0.15, 0.2) is 0 Å². The zero-order valence-corrected chi connectivity index (χ0v) is 7.63. The molecule has 0 heterocycles. The molecule has 0 aromatic heterocycles. The fraction of sp³-hybridized carbons (Fsp3) is 1.00. The van der Waals surface area contributed by atoms with Crippen molar-refractivity contribution in [3.05, 3.63) is 0 Å². The topological polar surface area (TPSA) is 52.0 Å². The first-order valence-electron chi connectivity index (χ1n) is 1.43. The zero-order valence-electron chi connectivity index (χ0n) is 5.12. The first kappa shape index (κ1) is 11.3. The summed E-state index contributed by atoms with van der Waals surface area (Å²) < 4.78 is -1.24. The smallest absolute Gasteiger partial charge is 1.00 e. The molecule has 0 saturated carbocycles. The van der Waals surface area contributed by atoms with E-state index < -0.39 is 4.46 Å². The van der Waals surface area contributed by atoms with Gasteiger partial charge in [-0.05, 0) is 0 Å². The summed E-state index contributed by atoms with van der Waals surface area (Å²) in [6.07, 6.45) is 0. The van der Waals surface area contributed by atoms with Gasteiger partial charge in [0.15, 0.2) is 4.46 Å². The molecule has 4 N–H and O–H groups in total. The average molecular weight is 153 g/mol. The Bertz CT molecular complexity index is 47.8. The van der Waals surface area contributed by atoms with Gasteiger partial charge in [0, 0.05) is 6.54 Å². The summed E-state index contributed by atoms with van der Waals surface area (Å²) in [5.74, 6) is 0. The van der Waals surface area contributed by atoms with Gasteiger partial charge in [-0.1, -0.05) is 23.2 Å². The second-order valence-corrected chi connectivity index (χ2v) is 2.51. The van der Waals surface area contributed by atoms with Crippen molar-refractivity contribution in [3.8, 4) is 0 Å². The second-order valence-electron chi connectivity index (χ2n) is 0.965. The molecular weight excluding hydrogens is 146 g/mol. The molecule has 0 aliphatic carbocycles. The van der Waals surface area contributed by atoms with Crippen molar-refractivity contribution >= 4 is 23.2 Å². The molecule has 0 aliphatic heterocycles. The minimum Gasteiger partial charge on any atom is -1.00 e. The largest absolute Gasteiger partial charge is 1.00 e. The summed E-state index contributed by atoms with van der Waals surface area (Å²) in [6, 6.07) is 0. The molecule has 0 saturated heterocycles. The van der Waals surface area contributed by atoms with Crippen molar-refractivity contribution < 1.29 is 31.0 Å². The number of halogens is 2. The monoisotopic (exact) mass is 152 g/mol. The molecule has 0 radical (unpaired) electrons. The van der Waals surface area contributed by atoms with E-state index in [1.54, 1.807) is 0 Å². The maximum Gasteiger partial charge on any atom is 1.00 e. The van der Waals surface area contributed by atoms with Gasteiger partial charge in [-0.2, -0.15) is 0 Å². The summed E-state index contributed by atoms with van der Waals surface area (Å²) in [5, 5.41) is 0. The van der Waals surface area contributed by atoms with Crippen molar-refractivity contribution in [1.29, 1.82) is 0 Å². The van der Waals surface area contributed by atoms with Gasteiger partial charge in [0.2, 0.25) is 0 Å². The van der Waals surface area contributed by atoms with E-state index in [1.807, 2.05) is 0 Å². The van der Waals surface area contributed by atoms with Crippen LogP contribution in [0.4, 0.5) is 0 Å². The van der Waals surface area contributed by atoms with Gasteiger partial charge in [-0.3, -0.25) is 5.73 Å². The Morgan fingerprint density at radius 3 is 1.71 bits per heavy atom. The molecule has 0 aromatic rings. The molecule has 40 valence electrons. The van der Waals surface area contributed by atoms with Crippen LogP contribution in [0.5, 0.6) is 0 Å². The van der Waals surface area contributed by atoms with Crippen LogP contribution in [0.2, 0.25) is 0 Å². The SMILES string of the molecule is NCC(N)(Cl)Cl.[H-].[Na+]. The Morgan fingerprint density at radius 1 is 1.57 bits per heavy atom. The third-order valence-corrected chi connectivity index (χ3v) is 0.581. The van der Waals surface area contributed by atoms with Gasteiger partial charge < -0.3 is 7.16 Å². The predicted octanol–water partition coefficient (Wildman–Crippen LogP) is -2.85. The molecule has 0 spiro atoms. The molecule has 0 unspecified atom stereocenters. The van der Waals surface area contributed by atoms with E-state index >= 15 is 0 Å². The van der Waals surface area contributed by atoms with E-state index in [-0.39, 0.29) is 37.5 Å². The number of nitrogens with two attached hydrogens (primary N) is 2. The molecule has 0 fully saturated rings. The molecule has 5 heteroatoms. The standard InChI is InChI=1S/C2H6Cl2N2.Na.H/c3-2(4,6)1-5;;/h1,5-6H2;;/q;+1;-1. The molecule has 0 aliphatic rings. The number of rotatable bonds is 1. The van der Waals surface area contributed by atoms with Gasteiger partial charge in [-0.15, -0.1) is 0 Å². The fourth-order valence-corrected chi connectivity index (χ4v) is 0. The number of hydrogen-bond donors (Lipinski definition) is 2. The normalized spacial score (nSPS) is 10.3. The minimum absolute atomic E-state index is 0. The van der Waals surface area contributed by atoms with Crippen molar-refractivity contribution in [3.63, 3.8) is 0 Å². The quantitative estimate of drug-likeness (QED) is 0.242. The van der Waals surface area contributed by atoms with Gasteiger partial charge >= 0.3 is 29.6 Å². The van der Waals surface area contributed by atoms with Crippen LogP contribution in [0.25, 0.3) is 0 Å². The zero-order chi connectivity index (χ0) is 5.21. The Hall–Kier alpha value is 1.50. The molecule has 0 aromatic carbocycles. The van der Waals surface area contributed by atoms with Crippen LogP contribution in [-0.2, 0) is 0 Å². The van der Waals surface area contributed by atoms with E-state index in [4.69, 9.17) is 34.7 Å². The van der Waals surface area contributed by atoms with Crippen LogP contribution in [0.1, 0.15) is 1.43 Å². The van der Waals surface area contributed by atoms with E-state index in [2.05, 4.69) is 0 Å². The summed E-state index contributed by atoms with van der Waals surface area (Å²) in [4.78, 5) is 0. The Labute approximate surface area is 76.3 Å². The van der Waals surface area contributed by atoms with Crippen molar-refractivity contribution in [2.24, 2.45) is 11.5 Å². The van der Waals surface area contributed by atoms with Crippen LogP contribution in [0, 0.1) is 0 Å². The molecular formula is C2H7Cl2N2Na. The summed E-state index contributed by atoms with van der Waals surface area (Å²) in [6.45, 7) is 0.0795. The molecule has 0 amide bonds. The van der Waals surface area contributed by atoms with Crippen LogP contribution >= 0.6 is 23.2 Å². The molecule has 0 bridgehead atoms. The van der Waals surface area contributed by atoms with E-state index in [0.29, 0.717) is 0 Å². The Kier molecular flexibility index (Phi) is 7.09. The maximum atomic E-state index is 5.14. The van der Waals surface area contributed by atoms with E-state index in [0.717, 1.165) is 0 Å². The summed E-state index contributed by atoms with van der Waals surface area (Å²) in [5.41, 5.74) is 9.86. The maximum absolute atomic E-state index is 5.14. The van der Waals surface area contributed by atoms with Crippen LogP contribution in [-0.4, -0.2) is 11.0 Å².